The average Bonchev–Trinajstić information content (AvgIpc) is 3.36. The van der Waals surface area contributed by atoms with Gasteiger partial charge in [0, 0.05) is 18.4 Å². The molecule has 1 aromatic carbocycles. The van der Waals surface area contributed by atoms with E-state index in [4.69, 9.17) is 8.83 Å². The van der Waals surface area contributed by atoms with Crippen molar-refractivity contribution in [1.82, 2.24) is 10.2 Å². The van der Waals surface area contributed by atoms with Gasteiger partial charge in [0.05, 0.1) is 5.69 Å². The predicted octanol–water partition coefficient (Wildman–Crippen LogP) is 3.00. The van der Waals surface area contributed by atoms with Gasteiger partial charge in [0.25, 0.3) is 11.8 Å². The van der Waals surface area contributed by atoms with Crippen molar-refractivity contribution in [2.45, 2.75) is 12.8 Å². The molecule has 1 aliphatic rings. The molecule has 1 N–H and O–H groups in total. The molecule has 0 radical (unpaired) electrons. The maximum absolute atomic E-state index is 12.4. The summed E-state index contributed by atoms with van der Waals surface area (Å²) in [6, 6.07) is 9.38. The quantitative estimate of drug-likeness (QED) is 0.631. The van der Waals surface area contributed by atoms with E-state index in [1.165, 1.54) is 6.07 Å². The predicted molar refractivity (Wildman–Crippen MR) is 95.8 cm³/mol. The van der Waals surface area contributed by atoms with Gasteiger partial charge in [-0.1, -0.05) is 11.2 Å². The molecule has 1 fully saturated rings. The molecule has 0 spiro atoms. The van der Waals surface area contributed by atoms with Gasteiger partial charge in [-0.05, 0) is 46.3 Å². The number of hydrogen-bond donors (Lipinski definition) is 1. The number of nitrogens with zero attached hydrogens (tertiary/aromatic N) is 3. The minimum atomic E-state index is -0.522. The number of nitrogens with one attached hydrogen (secondary N) is 1. The second-order valence-electron chi connectivity index (χ2n) is 5.64. The standard InChI is InChI=1S/C17H11BrN4O5/c18-12-5-4-11(26-12)16-20-21-17(27-16)19-15(25)9-2-1-3-10(8-9)22-13(23)6-7-14(22)24/h1-5,8H,6-7H2,(H,19,21,25). The third kappa shape index (κ3) is 3.38. The Morgan fingerprint density at radius 3 is 2.56 bits per heavy atom. The van der Waals surface area contributed by atoms with E-state index < -0.39 is 5.91 Å². The average molecular weight is 431 g/mol. The molecular weight excluding hydrogens is 420 g/mol. The lowest BCUT2D eigenvalue weighted by Crippen LogP contribution is -2.28. The van der Waals surface area contributed by atoms with Crippen LogP contribution in [0.15, 0.2) is 49.9 Å². The van der Waals surface area contributed by atoms with Crippen molar-refractivity contribution in [3.8, 4) is 11.7 Å². The molecule has 1 aliphatic heterocycles. The highest BCUT2D eigenvalue weighted by Crippen LogP contribution is 2.26. The Balaban J connectivity index is 1.52. The molecule has 136 valence electrons. The van der Waals surface area contributed by atoms with Crippen LogP contribution in [0.4, 0.5) is 11.7 Å². The molecule has 3 heterocycles. The first-order valence-corrected chi connectivity index (χ1v) is 8.67. The van der Waals surface area contributed by atoms with Crippen LogP contribution in [0.2, 0.25) is 0 Å². The van der Waals surface area contributed by atoms with Crippen LogP contribution in [0, 0.1) is 0 Å². The van der Waals surface area contributed by atoms with E-state index in [2.05, 4.69) is 31.4 Å². The molecular formula is C17H11BrN4O5. The van der Waals surface area contributed by atoms with E-state index in [0.29, 0.717) is 16.1 Å². The summed E-state index contributed by atoms with van der Waals surface area (Å²) in [4.78, 5) is 37.2. The molecule has 0 atom stereocenters. The Kier molecular flexibility index (Phi) is 4.32. The molecule has 0 aliphatic carbocycles. The molecule has 0 bridgehead atoms. The third-order valence-electron chi connectivity index (χ3n) is 3.85. The van der Waals surface area contributed by atoms with E-state index >= 15 is 0 Å². The number of benzene rings is 1. The first-order chi connectivity index (χ1) is 13.0. The summed E-state index contributed by atoms with van der Waals surface area (Å²) < 4.78 is 11.2. The zero-order valence-electron chi connectivity index (χ0n) is 13.6. The van der Waals surface area contributed by atoms with Crippen LogP contribution in [0.5, 0.6) is 0 Å². The first-order valence-electron chi connectivity index (χ1n) is 7.88. The number of halogens is 1. The lowest BCUT2D eigenvalue weighted by Gasteiger charge is -2.14. The van der Waals surface area contributed by atoms with Crippen molar-refractivity contribution in [3.63, 3.8) is 0 Å². The molecule has 10 heteroatoms. The number of carbonyl (C=O) groups is 3. The normalized spacial score (nSPS) is 14.0. The third-order valence-corrected chi connectivity index (χ3v) is 4.27. The monoisotopic (exact) mass is 430 g/mol. The van der Waals surface area contributed by atoms with Gasteiger partial charge < -0.3 is 8.83 Å². The number of aromatic nitrogens is 2. The summed E-state index contributed by atoms with van der Waals surface area (Å²) in [5.41, 5.74) is 0.585. The van der Waals surface area contributed by atoms with Crippen LogP contribution < -0.4 is 10.2 Å². The van der Waals surface area contributed by atoms with Gasteiger partial charge in [-0.3, -0.25) is 24.6 Å². The number of furan rings is 1. The van der Waals surface area contributed by atoms with E-state index in [9.17, 15) is 14.4 Å². The second kappa shape index (κ2) is 6.80. The molecule has 1 saturated heterocycles. The fraction of sp³-hybridized carbons (Fsp3) is 0.118. The molecule has 9 nitrogen and oxygen atoms in total. The summed E-state index contributed by atoms with van der Waals surface area (Å²) in [6.07, 6.45) is 0.339. The second-order valence-corrected chi connectivity index (χ2v) is 6.43. The van der Waals surface area contributed by atoms with Gasteiger partial charge in [-0.25, -0.2) is 0 Å². The molecule has 2 aromatic heterocycles. The summed E-state index contributed by atoms with van der Waals surface area (Å²) in [5, 5.41) is 10.0. The lowest BCUT2D eigenvalue weighted by atomic mass is 10.2. The Bertz CT molecular complexity index is 1040. The molecule has 27 heavy (non-hydrogen) atoms. The van der Waals surface area contributed by atoms with Crippen LogP contribution in [0.1, 0.15) is 23.2 Å². The Hall–Kier alpha value is -3.27. The first kappa shape index (κ1) is 17.2. The van der Waals surface area contributed by atoms with Crippen LogP contribution in [-0.4, -0.2) is 27.9 Å². The number of anilines is 2. The number of hydrogen-bond acceptors (Lipinski definition) is 7. The zero-order valence-corrected chi connectivity index (χ0v) is 15.2. The van der Waals surface area contributed by atoms with Crippen molar-refractivity contribution >= 4 is 45.4 Å². The molecule has 0 unspecified atom stereocenters. The Morgan fingerprint density at radius 1 is 1.07 bits per heavy atom. The van der Waals surface area contributed by atoms with Gasteiger partial charge in [0.2, 0.25) is 11.8 Å². The molecule has 4 rings (SSSR count). The minimum absolute atomic E-state index is 0.109. The van der Waals surface area contributed by atoms with E-state index in [1.54, 1.807) is 30.3 Å². The Morgan fingerprint density at radius 2 is 1.85 bits per heavy atom. The zero-order chi connectivity index (χ0) is 19.0. The smallest absolute Gasteiger partial charge is 0.322 e. The van der Waals surface area contributed by atoms with Crippen LogP contribution in [0.3, 0.4) is 0 Å². The molecule has 0 saturated carbocycles. The fourth-order valence-electron chi connectivity index (χ4n) is 2.62. The topological polar surface area (TPSA) is 119 Å². The van der Waals surface area contributed by atoms with Crippen molar-refractivity contribution in [3.05, 3.63) is 46.6 Å². The fourth-order valence-corrected chi connectivity index (χ4v) is 2.93. The summed E-state index contributed by atoms with van der Waals surface area (Å²) in [6.45, 7) is 0. The summed E-state index contributed by atoms with van der Waals surface area (Å²) in [5.74, 6) is -0.639. The number of rotatable bonds is 4. The lowest BCUT2D eigenvalue weighted by molar-refractivity contribution is -0.121. The van der Waals surface area contributed by atoms with Crippen molar-refractivity contribution in [2.24, 2.45) is 0 Å². The van der Waals surface area contributed by atoms with Gasteiger partial charge in [-0.15, -0.1) is 5.10 Å². The Labute approximate surface area is 160 Å². The van der Waals surface area contributed by atoms with Crippen LogP contribution in [-0.2, 0) is 9.59 Å². The van der Waals surface area contributed by atoms with Crippen molar-refractivity contribution in [1.29, 1.82) is 0 Å². The molecule has 3 amide bonds. The number of imide groups is 1. The van der Waals surface area contributed by atoms with Gasteiger partial charge in [-0.2, -0.15) is 0 Å². The maximum atomic E-state index is 12.4. The maximum Gasteiger partial charge on any atom is 0.322 e. The minimum Gasteiger partial charge on any atom is -0.444 e. The summed E-state index contributed by atoms with van der Waals surface area (Å²) in [7, 11) is 0. The van der Waals surface area contributed by atoms with Gasteiger partial charge in [0.1, 0.15) is 0 Å². The highest BCUT2D eigenvalue weighted by atomic mass is 79.9. The SMILES string of the molecule is O=C(Nc1nnc(-c2ccc(Br)o2)o1)c1cccc(N2C(=O)CCC2=O)c1. The van der Waals surface area contributed by atoms with Crippen molar-refractivity contribution in [2.75, 3.05) is 10.2 Å². The summed E-state index contributed by atoms with van der Waals surface area (Å²) >= 11 is 3.17. The highest BCUT2D eigenvalue weighted by Gasteiger charge is 2.30. The number of amides is 3. The van der Waals surface area contributed by atoms with Crippen LogP contribution >= 0.6 is 15.9 Å². The van der Waals surface area contributed by atoms with E-state index in [-0.39, 0.29) is 42.1 Å². The van der Waals surface area contributed by atoms with Gasteiger partial charge in [0.15, 0.2) is 10.4 Å². The largest absolute Gasteiger partial charge is 0.444 e. The van der Waals surface area contributed by atoms with Gasteiger partial charge >= 0.3 is 6.01 Å². The molecule has 3 aromatic rings. The van der Waals surface area contributed by atoms with Crippen molar-refractivity contribution < 1.29 is 23.2 Å². The van der Waals surface area contributed by atoms with E-state index in [0.717, 1.165) is 4.90 Å². The van der Waals surface area contributed by atoms with Crippen LogP contribution in [0.25, 0.3) is 11.7 Å². The highest BCUT2D eigenvalue weighted by molar-refractivity contribution is 9.10. The van der Waals surface area contributed by atoms with E-state index in [1.807, 2.05) is 0 Å². The number of carbonyl (C=O) groups excluding carboxylic acids is 3.